The summed E-state index contributed by atoms with van der Waals surface area (Å²) in [7, 11) is 0. The molecule has 0 atom stereocenters. The maximum Gasteiger partial charge on any atom is 0.0461 e. The molecule has 5 aromatic rings. The first-order valence-corrected chi connectivity index (χ1v) is 14.9. The van der Waals surface area contributed by atoms with Gasteiger partial charge < -0.3 is 4.90 Å². The molecule has 1 heteroatoms. The van der Waals surface area contributed by atoms with E-state index in [2.05, 4.69) is 183 Å². The van der Waals surface area contributed by atoms with Crippen molar-refractivity contribution in [2.45, 2.75) is 33.1 Å². The highest BCUT2D eigenvalue weighted by atomic mass is 15.1. The quantitative estimate of drug-likeness (QED) is 0.118. The number of nitrogens with zero attached hydrogens (tertiary/aromatic N) is 1. The van der Waals surface area contributed by atoms with Gasteiger partial charge >= 0.3 is 0 Å². The number of hydrogen-bond acceptors (Lipinski definition) is 1. The van der Waals surface area contributed by atoms with Crippen molar-refractivity contribution in [3.8, 4) is 22.3 Å². The van der Waals surface area contributed by atoms with Crippen LogP contribution in [-0.2, 0) is 0 Å². The summed E-state index contributed by atoms with van der Waals surface area (Å²) < 4.78 is 0. The van der Waals surface area contributed by atoms with Crippen LogP contribution in [0.5, 0.6) is 0 Å². The predicted octanol–water partition coefficient (Wildman–Crippen LogP) is 11.8. The molecule has 0 fully saturated rings. The largest absolute Gasteiger partial charge is 0.311 e. The molecule has 208 valence electrons. The Kier molecular flexibility index (Phi) is 10.00. The molecule has 0 aliphatic rings. The Morgan fingerprint density at radius 3 is 1.55 bits per heavy atom. The van der Waals surface area contributed by atoms with Crippen LogP contribution in [0.4, 0.5) is 11.4 Å². The van der Waals surface area contributed by atoms with Crippen molar-refractivity contribution in [3.05, 3.63) is 175 Å². The van der Waals surface area contributed by atoms with Gasteiger partial charge in [-0.05, 0) is 89.9 Å². The van der Waals surface area contributed by atoms with E-state index in [0.29, 0.717) is 0 Å². The fourth-order valence-electron chi connectivity index (χ4n) is 5.14. The van der Waals surface area contributed by atoms with Crippen LogP contribution < -0.4 is 4.90 Å². The standard InChI is InChI=1S/C41H39N/c1-3-16-39(24-13-5-4-8-18-34-19-15-14-17-33(34)2)42(40-29-25-37(26-30-40)35-20-9-6-10-21-35)41-31-27-38(28-32-41)36-22-11-7-12-23-36/h6-32H,3-5H2,1-2H3/b18-8-,24-13-,39-16+. The van der Waals surface area contributed by atoms with Crippen LogP contribution in [-0.4, -0.2) is 0 Å². The normalized spacial score (nSPS) is 11.8. The van der Waals surface area contributed by atoms with E-state index in [1.54, 1.807) is 0 Å². The third-order valence-electron chi connectivity index (χ3n) is 7.41. The molecule has 0 heterocycles. The van der Waals surface area contributed by atoms with E-state index in [0.717, 1.165) is 30.6 Å². The van der Waals surface area contributed by atoms with Crippen LogP contribution in [0.2, 0.25) is 0 Å². The second-order valence-electron chi connectivity index (χ2n) is 10.4. The molecule has 0 bridgehead atoms. The van der Waals surface area contributed by atoms with E-state index in [-0.39, 0.29) is 0 Å². The van der Waals surface area contributed by atoms with Crippen molar-refractivity contribution < 1.29 is 0 Å². The number of hydrogen-bond donors (Lipinski definition) is 0. The molecule has 0 amide bonds. The minimum absolute atomic E-state index is 0.952. The molecule has 0 aliphatic carbocycles. The van der Waals surface area contributed by atoms with Gasteiger partial charge in [0.15, 0.2) is 0 Å². The van der Waals surface area contributed by atoms with Crippen LogP contribution >= 0.6 is 0 Å². The molecular formula is C41H39N. The minimum atomic E-state index is 0.952. The maximum atomic E-state index is 2.37. The number of rotatable bonds is 11. The molecule has 1 nitrogen and oxygen atoms in total. The molecule has 0 saturated carbocycles. The van der Waals surface area contributed by atoms with E-state index in [9.17, 15) is 0 Å². The molecule has 0 N–H and O–H groups in total. The first kappa shape index (κ1) is 28.6. The molecule has 42 heavy (non-hydrogen) atoms. The average Bonchev–Trinajstić information content (AvgIpc) is 3.05. The summed E-state index contributed by atoms with van der Waals surface area (Å²) in [6.45, 7) is 4.36. The Labute approximate surface area is 251 Å². The van der Waals surface area contributed by atoms with Crippen molar-refractivity contribution in [2.75, 3.05) is 4.90 Å². The lowest BCUT2D eigenvalue weighted by atomic mass is 10.0. The van der Waals surface area contributed by atoms with Crippen molar-refractivity contribution in [1.82, 2.24) is 0 Å². The lowest BCUT2D eigenvalue weighted by molar-refractivity contribution is 1.05. The third kappa shape index (κ3) is 7.44. The zero-order valence-corrected chi connectivity index (χ0v) is 24.7. The second kappa shape index (κ2) is 14.7. The Bertz CT molecular complexity index is 1540. The molecule has 0 saturated heterocycles. The molecular weight excluding hydrogens is 506 g/mol. The van der Waals surface area contributed by atoms with Gasteiger partial charge in [-0.15, -0.1) is 0 Å². The minimum Gasteiger partial charge on any atom is -0.311 e. The molecule has 0 radical (unpaired) electrons. The van der Waals surface area contributed by atoms with Crippen molar-refractivity contribution >= 4 is 17.5 Å². The van der Waals surface area contributed by atoms with Gasteiger partial charge in [0.05, 0.1) is 0 Å². The van der Waals surface area contributed by atoms with Crippen LogP contribution in [0.1, 0.15) is 37.3 Å². The molecule has 5 aromatic carbocycles. The van der Waals surface area contributed by atoms with E-state index in [1.165, 1.54) is 39.1 Å². The number of benzene rings is 5. The monoisotopic (exact) mass is 545 g/mol. The molecule has 0 aromatic heterocycles. The summed E-state index contributed by atoms with van der Waals surface area (Å²) in [6, 6.07) is 47.5. The molecule has 0 aliphatic heterocycles. The van der Waals surface area contributed by atoms with Gasteiger partial charge in [0.1, 0.15) is 0 Å². The van der Waals surface area contributed by atoms with Gasteiger partial charge in [-0.1, -0.05) is 140 Å². The lowest BCUT2D eigenvalue weighted by Gasteiger charge is -2.27. The highest BCUT2D eigenvalue weighted by molar-refractivity contribution is 5.75. The van der Waals surface area contributed by atoms with Gasteiger partial charge in [0.2, 0.25) is 0 Å². The summed E-state index contributed by atoms with van der Waals surface area (Å²) in [5, 5.41) is 0. The molecule has 0 unspecified atom stereocenters. The Balaban J connectivity index is 1.41. The van der Waals surface area contributed by atoms with E-state index >= 15 is 0 Å². The number of anilines is 2. The maximum absolute atomic E-state index is 2.37. The Morgan fingerprint density at radius 2 is 1.02 bits per heavy atom. The number of unbranched alkanes of at least 4 members (excludes halogenated alkanes) is 1. The first-order chi connectivity index (χ1) is 20.7. The molecule has 0 spiro atoms. The third-order valence-corrected chi connectivity index (χ3v) is 7.41. The summed E-state index contributed by atoms with van der Waals surface area (Å²) >= 11 is 0. The van der Waals surface area contributed by atoms with Gasteiger partial charge in [0.25, 0.3) is 0 Å². The molecule has 5 rings (SSSR count). The van der Waals surface area contributed by atoms with Gasteiger partial charge in [-0.3, -0.25) is 0 Å². The van der Waals surface area contributed by atoms with Gasteiger partial charge in [-0.25, -0.2) is 0 Å². The van der Waals surface area contributed by atoms with E-state index in [4.69, 9.17) is 0 Å². The van der Waals surface area contributed by atoms with Gasteiger partial charge in [0, 0.05) is 17.1 Å². The van der Waals surface area contributed by atoms with Gasteiger partial charge in [-0.2, -0.15) is 0 Å². The second-order valence-corrected chi connectivity index (χ2v) is 10.4. The SMILES string of the molecule is CC/C=C(\C=C/CC/C=C\c1ccccc1C)N(c1ccc(-c2ccccc2)cc1)c1ccc(-c2ccccc2)cc1. The average molecular weight is 546 g/mol. The van der Waals surface area contributed by atoms with Crippen molar-refractivity contribution in [3.63, 3.8) is 0 Å². The highest BCUT2D eigenvalue weighted by Gasteiger charge is 2.14. The van der Waals surface area contributed by atoms with Crippen LogP contribution in [0.15, 0.2) is 163 Å². The van der Waals surface area contributed by atoms with E-state index in [1.807, 2.05) is 0 Å². The first-order valence-electron chi connectivity index (χ1n) is 14.9. The summed E-state index contributed by atoms with van der Waals surface area (Å²) in [5.41, 5.74) is 11.0. The summed E-state index contributed by atoms with van der Waals surface area (Å²) in [4.78, 5) is 2.37. The van der Waals surface area contributed by atoms with Crippen molar-refractivity contribution in [1.29, 1.82) is 0 Å². The van der Waals surface area contributed by atoms with Crippen LogP contribution in [0, 0.1) is 6.92 Å². The van der Waals surface area contributed by atoms with Crippen LogP contribution in [0.3, 0.4) is 0 Å². The number of allylic oxidation sites excluding steroid dienone is 4. The highest BCUT2D eigenvalue weighted by Crippen LogP contribution is 2.34. The van der Waals surface area contributed by atoms with E-state index < -0.39 is 0 Å². The Morgan fingerprint density at radius 1 is 0.548 bits per heavy atom. The topological polar surface area (TPSA) is 3.24 Å². The Hall–Kier alpha value is -4.88. The summed E-state index contributed by atoms with van der Waals surface area (Å²) in [5.74, 6) is 0. The zero-order valence-electron chi connectivity index (χ0n) is 24.7. The van der Waals surface area contributed by atoms with Crippen molar-refractivity contribution in [2.24, 2.45) is 0 Å². The smallest absolute Gasteiger partial charge is 0.0461 e. The van der Waals surface area contributed by atoms with Crippen LogP contribution in [0.25, 0.3) is 28.3 Å². The lowest BCUT2D eigenvalue weighted by Crippen LogP contribution is -2.15. The number of aryl methyl sites for hydroxylation is 1. The fraction of sp³-hybridized carbons (Fsp3) is 0.122. The predicted molar refractivity (Wildman–Crippen MR) is 183 cm³/mol. The fourth-order valence-corrected chi connectivity index (χ4v) is 5.14. The summed E-state index contributed by atoms with van der Waals surface area (Å²) in [6.07, 6.45) is 14.3. The zero-order chi connectivity index (χ0) is 29.0.